The molecule has 4 nitrogen and oxygen atoms in total. The van der Waals surface area contributed by atoms with Crippen LogP contribution in [0.1, 0.15) is 30.0 Å². The average molecular weight is 276 g/mol. The Bertz CT molecular complexity index is 444. The molecule has 1 atom stereocenters. The summed E-state index contributed by atoms with van der Waals surface area (Å²) in [5, 5.41) is 0. The van der Waals surface area contributed by atoms with Gasteiger partial charge in [0.15, 0.2) is 0 Å². The number of hydrogen-bond acceptors (Lipinski definition) is 4. The molecule has 1 aliphatic carbocycles. The Balaban J connectivity index is 1.58. The lowest BCUT2D eigenvalue weighted by Gasteiger charge is -2.27. The van der Waals surface area contributed by atoms with Crippen LogP contribution >= 0.6 is 0 Å². The molecule has 1 saturated heterocycles. The van der Waals surface area contributed by atoms with E-state index in [2.05, 4.69) is 23.1 Å². The van der Waals surface area contributed by atoms with Gasteiger partial charge in [-0.15, -0.1) is 0 Å². The Labute approximate surface area is 120 Å². The second-order valence-electron chi connectivity index (χ2n) is 5.63. The van der Waals surface area contributed by atoms with Crippen LogP contribution in [-0.4, -0.2) is 44.4 Å². The van der Waals surface area contributed by atoms with E-state index in [9.17, 15) is 0 Å². The second-order valence-corrected chi connectivity index (χ2v) is 5.63. The van der Waals surface area contributed by atoms with Crippen molar-refractivity contribution in [1.29, 1.82) is 0 Å². The molecule has 1 unspecified atom stereocenters. The standard InChI is InChI=1S/C16H24N2O2/c17-15-5-1-4-14-13(15)3-2-6-16(14)20-12-9-18-7-10-19-11-8-18/h2-3,6,15H,1,4-5,7-12,17H2. The first-order chi connectivity index (χ1) is 9.84. The third-order valence-electron chi connectivity index (χ3n) is 4.28. The molecule has 2 aliphatic rings. The molecule has 2 N–H and O–H groups in total. The minimum Gasteiger partial charge on any atom is -0.492 e. The first kappa shape index (κ1) is 13.9. The van der Waals surface area contributed by atoms with Crippen molar-refractivity contribution in [2.45, 2.75) is 25.3 Å². The van der Waals surface area contributed by atoms with Crippen LogP contribution in [0.2, 0.25) is 0 Å². The smallest absolute Gasteiger partial charge is 0.122 e. The van der Waals surface area contributed by atoms with E-state index < -0.39 is 0 Å². The number of rotatable bonds is 4. The highest BCUT2D eigenvalue weighted by Crippen LogP contribution is 2.33. The Morgan fingerprint density at radius 1 is 1.30 bits per heavy atom. The summed E-state index contributed by atoms with van der Waals surface area (Å²) in [5.41, 5.74) is 8.79. The number of benzene rings is 1. The SMILES string of the molecule is NC1CCCc2c(OCCN3CCOCC3)cccc21. The highest BCUT2D eigenvalue weighted by molar-refractivity contribution is 5.43. The van der Waals surface area contributed by atoms with Gasteiger partial charge in [0.2, 0.25) is 0 Å². The van der Waals surface area contributed by atoms with Gasteiger partial charge in [0.1, 0.15) is 12.4 Å². The van der Waals surface area contributed by atoms with Gasteiger partial charge in [-0.1, -0.05) is 12.1 Å². The van der Waals surface area contributed by atoms with E-state index in [1.54, 1.807) is 0 Å². The summed E-state index contributed by atoms with van der Waals surface area (Å²) in [6.07, 6.45) is 3.35. The van der Waals surface area contributed by atoms with E-state index in [4.69, 9.17) is 15.2 Å². The summed E-state index contributed by atoms with van der Waals surface area (Å²) in [6, 6.07) is 6.47. The van der Waals surface area contributed by atoms with Crippen LogP contribution in [0.25, 0.3) is 0 Å². The van der Waals surface area contributed by atoms with Gasteiger partial charge < -0.3 is 15.2 Å². The largest absolute Gasteiger partial charge is 0.492 e. The first-order valence-electron chi connectivity index (χ1n) is 7.65. The molecule has 0 bridgehead atoms. The zero-order chi connectivity index (χ0) is 13.8. The summed E-state index contributed by atoms with van der Waals surface area (Å²) in [7, 11) is 0. The highest BCUT2D eigenvalue weighted by Gasteiger charge is 2.20. The Hall–Kier alpha value is -1.10. The van der Waals surface area contributed by atoms with Crippen LogP contribution in [0.4, 0.5) is 0 Å². The van der Waals surface area contributed by atoms with Crippen molar-refractivity contribution in [3.05, 3.63) is 29.3 Å². The number of hydrogen-bond donors (Lipinski definition) is 1. The van der Waals surface area contributed by atoms with E-state index in [0.717, 1.165) is 64.5 Å². The fourth-order valence-electron chi connectivity index (χ4n) is 3.10. The van der Waals surface area contributed by atoms with Crippen LogP contribution in [0.3, 0.4) is 0 Å². The molecule has 20 heavy (non-hydrogen) atoms. The van der Waals surface area contributed by atoms with Gasteiger partial charge in [0.25, 0.3) is 0 Å². The number of nitrogens with two attached hydrogens (primary N) is 1. The van der Waals surface area contributed by atoms with Crippen LogP contribution in [0, 0.1) is 0 Å². The molecular weight excluding hydrogens is 252 g/mol. The zero-order valence-corrected chi connectivity index (χ0v) is 12.0. The molecule has 110 valence electrons. The number of morpholine rings is 1. The monoisotopic (exact) mass is 276 g/mol. The summed E-state index contributed by atoms with van der Waals surface area (Å²) >= 11 is 0. The fraction of sp³-hybridized carbons (Fsp3) is 0.625. The lowest BCUT2D eigenvalue weighted by Crippen LogP contribution is -2.38. The molecular formula is C16H24N2O2. The van der Waals surface area contributed by atoms with Crippen LogP contribution in [0.5, 0.6) is 5.75 Å². The molecule has 0 aromatic heterocycles. The summed E-state index contributed by atoms with van der Waals surface area (Å²) < 4.78 is 11.4. The maximum absolute atomic E-state index is 6.18. The molecule has 4 heteroatoms. The van der Waals surface area contributed by atoms with Crippen LogP contribution in [0.15, 0.2) is 18.2 Å². The molecule has 1 fully saturated rings. The topological polar surface area (TPSA) is 47.7 Å². The fourth-order valence-corrected chi connectivity index (χ4v) is 3.10. The van der Waals surface area contributed by atoms with E-state index in [1.165, 1.54) is 11.1 Å². The Morgan fingerprint density at radius 3 is 3.00 bits per heavy atom. The molecule has 0 saturated carbocycles. The second kappa shape index (κ2) is 6.57. The Morgan fingerprint density at radius 2 is 2.15 bits per heavy atom. The van der Waals surface area contributed by atoms with Gasteiger partial charge >= 0.3 is 0 Å². The Kier molecular flexibility index (Phi) is 4.55. The van der Waals surface area contributed by atoms with Gasteiger partial charge in [-0.05, 0) is 36.5 Å². The predicted molar refractivity (Wildman–Crippen MR) is 79.1 cm³/mol. The van der Waals surface area contributed by atoms with E-state index in [1.807, 2.05) is 0 Å². The van der Waals surface area contributed by atoms with Gasteiger partial charge in [-0.25, -0.2) is 0 Å². The molecule has 0 spiro atoms. The van der Waals surface area contributed by atoms with Gasteiger partial charge in [-0.2, -0.15) is 0 Å². The molecule has 3 rings (SSSR count). The molecule has 1 heterocycles. The normalized spacial score (nSPS) is 23.4. The zero-order valence-electron chi connectivity index (χ0n) is 12.0. The van der Waals surface area contributed by atoms with Gasteiger partial charge in [0.05, 0.1) is 13.2 Å². The highest BCUT2D eigenvalue weighted by atomic mass is 16.5. The van der Waals surface area contributed by atoms with Crippen molar-refractivity contribution in [2.75, 3.05) is 39.5 Å². The van der Waals surface area contributed by atoms with E-state index in [-0.39, 0.29) is 6.04 Å². The molecule has 1 aliphatic heterocycles. The van der Waals surface area contributed by atoms with Crippen molar-refractivity contribution < 1.29 is 9.47 Å². The van der Waals surface area contributed by atoms with Crippen molar-refractivity contribution >= 4 is 0 Å². The van der Waals surface area contributed by atoms with E-state index >= 15 is 0 Å². The van der Waals surface area contributed by atoms with Crippen molar-refractivity contribution in [2.24, 2.45) is 5.73 Å². The maximum atomic E-state index is 6.18. The van der Waals surface area contributed by atoms with Crippen molar-refractivity contribution in [3.63, 3.8) is 0 Å². The van der Waals surface area contributed by atoms with Gasteiger partial charge in [-0.3, -0.25) is 4.90 Å². The van der Waals surface area contributed by atoms with Gasteiger partial charge in [0, 0.05) is 25.7 Å². The average Bonchev–Trinajstić information content (AvgIpc) is 2.49. The number of fused-ring (bicyclic) bond motifs is 1. The van der Waals surface area contributed by atoms with E-state index in [0.29, 0.717) is 0 Å². The summed E-state index contributed by atoms with van der Waals surface area (Å²) in [4.78, 5) is 2.39. The third kappa shape index (κ3) is 3.14. The minimum atomic E-state index is 0.182. The van der Waals surface area contributed by atoms with Crippen LogP contribution < -0.4 is 10.5 Å². The maximum Gasteiger partial charge on any atom is 0.122 e. The first-order valence-corrected chi connectivity index (χ1v) is 7.65. The quantitative estimate of drug-likeness (QED) is 0.910. The minimum absolute atomic E-state index is 0.182. The van der Waals surface area contributed by atoms with Crippen molar-refractivity contribution in [3.8, 4) is 5.75 Å². The third-order valence-corrected chi connectivity index (χ3v) is 4.28. The van der Waals surface area contributed by atoms with Crippen LogP contribution in [-0.2, 0) is 11.2 Å². The molecule has 1 aromatic rings. The number of ether oxygens (including phenoxy) is 2. The predicted octanol–water partition coefficient (Wildman–Crippen LogP) is 1.73. The summed E-state index contributed by atoms with van der Waals surface area (Å²) in [5.74, 6) is 1.03. The molecule has 1 aromatic carbocycles. The van der Waals surface area contributed by atoms with Crippen molar-refractivity contribution in [1.82, 2.24) is 4.90 Å². The molecule has 0 radical (unpaired) electrons. The number of nitrogens with zero attached hydrogens (tertiary/aromatic N) is 1. The lowest BCUT2D eigenvalue weighted by molar-refractivity contribution is 0.0322. The molecule has 0 amide bonds. The summed E-state index contributed by atoms with van der Waals surface area (Å²) in [6.45, 7) is 5.43. The lowest BCUT2D eigenvalue weighted by atomic mass is 9.88.